The van der Waals surface area contributed by atoms with Gasteiger partial charge in [0.2, 0.25) is 0 Å². The number of nitrogens with zero attached hydrogens (tertiary/aromatic N) is 1. The number of anilines is 1. The fourth-order valence-corrected chi connectivity index (χ4v) is 2.74. The molecule has 3 aromatic rings. The van der Waals surface area contributed by atoms with Crippen LogP contribution < -0.4 is 10.6 Å². The molecule has 0 radical (unpaired) electrons. The average Bonchev–Trinajstić information content (AvgIpc) is 2.73. The highest BCUT2D eigenvalue weighted by molar-refractivity contribution is 5.93. The number of hydrogen-bond acceptors (Lipinski definition) is 4. The molecule has 0 aliphatic carbocycles. The first-order valence-corrected chi connectivity index (χ1v) is 8.99. The number of rotatable bonds is 7. The fraction of sp³-hybridized carbons (Fsp3) is 0.182. The van der Waals surface area contributed by atoms with Gasteiger partial charge in [0.15, 0.2) is 0 Å². The lowest BCUT2D eigenvalue weighted by molar-refractivity contribution is 0.0955. The molecule has 0 aliphatic rings. The van der Waals surface area contributed by atoms with Gasteiger partial charge in [-0.3, -0.25) is 4.79 Å². The maximum Gasteiger partial charge on any atom is 0.252 e. The third-order valence-electron chi connectivity index (χ3n) is 4.24. The summed E-state index contributed by atoms with van der Waals surface area (Å²) < 4.78 is 0. The van der Waals surface area contributed by atoms with E-state index in [0.29, 0.717) is 24.5 Å². The second-order valence-electron chi connectivity index (χ2n) is 6.18. The lowest BCUT2D eigenvalue weighted by Gasteiger charge is -2.13. The zero-order valence-electron chi connectivity index (χ0n) is 15.2. The Balaban J connectivity index is 1.57. The molecule has 0 aliphatic heterocycles. The summed E-state index contributed by atoms with van der Waals surface area (Å²) >= 11 is 0. The highest BCUT2D eigenvalue weighted by Gasteiger charge is 2.09. The van der Waals surface area contributed by atoms with E-state index in [4.69, 9.17) is 0 Å². The van der Waals surface area contributed by atoms with Crippen molar-refractivity contribution in [2.45, 2.75) is 13.0 Å². The molecule has 27 heavy (non-hydrogen) atoms. The number of aliphatic hydroxyl groups is 1. The van der Waals surface area contributed by atoms with Gasteiger partial charge in [0.1, 0.15) is 5.82 Å². The van der Waals surface area contributed by atoms with Crippen molar-refractivity contribution in [3.05, 3.63) is 84.1 Å². The van der Waals surface area contributed by atoms with E-state index in [0.717, 1.165) is 16.7 Å². The Labute approximate surface area is 159 Å². The molecule has 1 heterocycles. The summed E-state index contributed by atoms with van der Waals surface area (Å²) in [6, 6.07) is 21.4. The number of aromatic nitrogens is 1. The van der Waals surface area contributed by atoms with E-state index in [9.17, 15) is 9.90 Å². The van der Waals surface area contributed by atoms with Crippen LogP contribution in [-0.2, 0) is 0 Å². The highest BCUT2D eigenvalue weighted by atomic mass is 16.3. The van der Waals surface area contributed by atoms with Crippen LogP contribution in [0, 0.1) is 0 Å². The van der Waals surface area contributed by atoms with E-state index in [1.165, 1.54) is 6.20 Å². The van der Waals surface area contributed by atoms with Gasteiger partial charge in [-0.25, -0.2) is 4.98 Å². The van der Waals surface area contributed by atoms with E-state index in [-0.39, 0.29) is 5.91 Å². The van der Waals surface area contributed by atoms with Gasteiger partial charge >= 0.3 is 0 Å². The van der Waals surface area contributed by atoms with Gasteiger partial charge < -0.3 is 15.7 Å². The second-order valence-corrected chi connectivity index (χ2v) is 6.18. The third-order valence-corrected chi connectivity index (χ3v) is 4.24. The molecule has 3 N–H and O–H groups in total. The second kappa shape index (κ2) is 8.96. The fourth-order valence-electron chi connectivity index (χ4n) is 2.74. The summed E-state index contributed by atoms with van der Waals surface area (Å²) in [5, 5.41) is 16.2. The van der Waals surface area contributed by atoms with Crippen LogP contribution in [0.4, 0.5) is 5.82 Å². The summed E-state index contributed by atoms with van der Waals surface area (Å²) in [5.74, 6) is 0.470. The van der Waals surface area contributed by atoms with E-state index >= 15 is 0 Å². The molecule has 2 aromatic carbocycles. The lowest BCUT2D eigenvalue weighted by atomic mass is 10.0. The van der Waals surface area contributed by atoms with Crippen molar-refractivity contribution in [2.75, 3.05) is 18.4 Å². The molecule has 1 atom stereocenters. The SMILES string of the molecule is CCNC(=O)c1ccc(NCC(O)c2ccc(-c3ccccc3)cc2)nc1. The van der Waals surface area contributed by atoms with Crippen LogP contribution in [0.5, 0.6) is 0 Å². The molecular formula is C22H23N3O2. The van der Waals surface area contributed by atoms with Crippen LogP contribution in [0.25, 0.3) is 11.1 Å². The van der Waals surface area contributed by atoms with Crippen molar-refractivity contribution in [3.8, 4) is 11.1 Å². The van der Waals surface area contributed by atoms with Gasteiger partial charge in [-0.2, -0.15) is 0 Å². The predicted octanol–water partition coefficient (Wildman–Crippen LogP) is 3.64. The average molecular weight is 361 g/mol. The molecule has 0 fully saturated rings. The summed E-state index contributed by atoms with van der Waals surface area (Å²) in [7, 11) is 0. The quantitative estimate of drug-likeness (QED) is 0.601. The summed E-state index contributed by atoms with van der Waals surface area (Å²) in [4.78, 5) is 15.9. The van der Waals surface area contributed by atoms with Gasteiger partial charge in [0.05, 0.1) is 11.7 Å². The van der Waals surface area contributed by atoms with E-state index in [2.05, 4.69) is 27.8 Å². The zero-order chi connectivity index (χ0) is 19.1. The molecule has 3 rings (SSSR count). The largest absolute Gasteiger partial charge is 0.387 e. The smallest absolute Gasteiger partial charge is 0.252 e. The maximum absolute atomic E-state index is 11.7. The van der Waals surface area contributed by atoms with E-state index in [1.807, 2.05) is 49.4 Å². The summed E-state index contributed by atoms with van der Waals surface area (Å²) in [5.41, 5.74) is 3.61. The monoisotopic (exact) mass is 361 g/mol. The number of amides is 1. The number of carbonyl (C=O) groups is 1. The van der Waals surface area contributed by atoms with Gasteiger partial charge in [0.25, 0.3) is 5.91 Å². The minimum atomic E-state index is -0.653. The Kier molecular flexibility index (Phi) is 6.18. The Bertz CT molecular complexity index is 862. The molecule has 1 aromatic heterocycles. The number of nitrogens with one attached hydrogen (secondary N) is 2. The van der Waals surface area contributed by atoms with Crippen LogP contribution >= 0.6 is 0 Å². The Morgan fingerprint density at radius 3 is 2.33 bits per heavy atom. The van der Waals surface area contributed by atoms with Crippen molar-refractivity contribution >= 4 is 11.7 Å². The molecule has 0 spiro atoms. The number of benzene rings is 2. The molecule has 5 heteroatoms. The predicted molar refractivity (Wildman–Crippen MR) is 108 cm³/mol. The van der Waals surface area contributed by atoms with Crippen molar-refractivity contribution in [2.24, 2.45) is 0 Å². The summed E-state index contributed by atoms with van der Waals surface area (Å²) in [6.07, 6.45) is 0.869. The van der Waals surface area contributed by atoms with Crippen LogP contribution in [0.1, 0.15) is 28.9 Å². The van der Waals surface area contributed by atoms with Crippen molar-refractivity contribution in [1.29, 1.82) is 0 Å². The van der Waals surface area contributed by atoms with Gasteiger partial charge in [0, 0.05) is 19.3 Å². The van der Waals surface area contributed by atoms with Crippen molar-refractivity contribution < 1.29 is 9.90 Å². The van der Waals surface area contributed by atoms with Crippen LogP contribution in [0.2, 0.25) is 0 Å². The minimum Gasteiger partial charge on any atom is -0.387 e. The normalized spacial score (nSPS) is 11.6. The van der Waals surface area contributed by atoms with Crippen LogP contribution in [0.3, 0.4) is 0 Å². The Morgan fingerprint density at radius 2 is 1.70 bits per heavy atom. The zero-order valence-corrected chi connectivity index (χ0v) is 15.2. The number of carbonyl (C=O) groups excluding carboxylic acids is 1. The molecular weight excluding hydrogens is 338 g/mol. The molecule has 0 saturated heterocycles. The molecule has 0 saturated carbocycles. The molecule has 1 amide bonds. The highest BCUT2D eigenvalue weighted by Crippen LogP contribution is 2.22. The van der Waals surface area contributed by atoms with Gasteiger partial charge in [-0.05, 0) is 35.7 Å². The molecule has 5 nitrogen and oxygen atoms in total. The molecule has 138 valence electrons. The van der Waals surface area contributed by atoms with Crippen LogP contribution in [0.15, 0.2) is 72.9 Å². The molecule has 0 bridgehead atoms. The van der Waals surface area contributed by atoms with Gasteiger partial charge in [-0.15, -0.1) is 0 Å². The van der Waals surface area contributed by atoms with Crippen molar-refractivity contribution in [3.63, 3.8) is 0 Å². The first-order valence-electron chi connectivity index (χ1n) is 8.99. The number of hydrogen-bond donors (Lipinski definition) is 3. The first-order chi connectivity index (χ1) is 13.2. The van der Waals surface area contributed by atoms with Gasteiger partial charge in [-0.1, -0.05) is 54.6 Å². The lowest BCUT2D eigenvalue weighted by Crippen LogP contribution is -2.22. The topological polar surface area (TPSA) is 74.2 Å². The summed E-state index contributed by atoms with van der Waals surface area (Å²) in [6.45, 7) is 2.78. The standard InChI is InChI=1S/C22H23N3O2/c1-2-23-22(27)19-12-13-21(24-14-19)25-15-20(26)18-10-8-17(9-11-18)16-6-4-3-5-7-16/h3-14,20,26H,2,15H2,1H3,(H,23,27)(H,24,25). The van der Waals surface area contributed by atoms with Crippen molar-refractivity contribution in [1.82, 2.24) is 10.3 Å². The Morgan fingerprint density at radius 1 is 1.00 bits per heavy atom. The Hall–Kier alpha value is -3.18. The number of aliphatic hydroxyl groups excluding tert-OH is 1. The first kappa shape index (κ1) is 18.6. The van der Waals surface area contributed by atoms with E-state index < -0.39 is 6.10 Å². The minimum absolute atomic E-state index is 0.143. The molecule has 1 unspecified atom stereocenters. The maximum atomic E-state index is 11.7. The van der Waals surface area contributed by atoms with E-state index in [1.54, 1.807) is 12.1 Å². The van der Waals surface area contributed by atoms with Crippen LogP contribution in [-0.4, -0.2) is 29.1 Å². The number of pyridine rings is 1. The third kappa shape index (κ3) is 4.92.